The van der Waals surface area contributed by atoms with Gasteiger partial charge in [0, 0.05) is 33.8 Å². The number of esters is 4. The zero-order valence-electron chi connectivity index (χ0n) is 19.6. The van der Waals surface area contributed by atoms with Crippen molar-refractivity contribution in [3.05, 3.63) is 23.0 Å². The molecule has 0 aromatic heterocycles. The maximum atomic E-state index is 12.8. The van der Waals surface area contributed by atoms with Crippen LogP contribution in [0.1, 0.15) is 27.7 Å². The molecule has 0 saturated carbocycles. The van der Waals surface area contributed by atoms with E-state index in [-0.39, 0.29) is 32.0 Å². The Morgan fingerprint density at radius 2 is 1.03 bits per heavy atom. The quantitative estimate of drug-likeness (QED) is 0.109. The summed E-state index contributed by atoms with van der Waals surface area (Å²) >= 11 is 0. The van der Waals surface area contributed by atoms with Crippen LogP contribution in [0.4, 0.5) is 0 Å². The highest BCUT2D eigenvalue weighted by molar-refractivity contribution is 6.17. The molecule has 0 heterocycles. The molecule has 0 aliphatic carbocycles. The van der Waals surface area contributed by atoms with E-state index in [9.17, 15) is 19.2 Å². The van der Waals surface area contributed by atoms with Gasteiger partial charge in [0.2, 0.25) is 0 Å². The number of carbonyl (C=O) groups is 4. The first kappa shape index (κ1) is 28.0. The van der Waals surface area contributed by atoms with Gasteiger partial charge in [-0.2, -0.15) is 0 Å². The highest BCUT2D eigenvalue weighted by Crippen LogP contribution is 2.25. The fraction of sp³-hybridized carbons (Fsp3) is 0.619. The summed E-state index contributed by atoms with van der Waals surface area (Å²) in [6.45, 7) is 6.17. The number of ether oxygens (including phenoxy) is 4. The van der Waals surface area contributed by atoms with E-state index in [4.69, 9.17) is 18.9 Å². The Morgan fingerprint density at radius 1 is 0.677 bits per heavy atom. The van der Waals surface area contributed by atoms with Crippen molar-refractivity contribution in [2.24, 2.45) is 5.92 Å². The lowest BCUT2D eigenvalue weighted by atomic mass is 9.92. The van der Waals surface area contributed by atoms with E-state index < -0.39 is 35.4 Å². The Bertz CT molecular complexity index is 662. The SMILES string of the molecule is CCOC(=O)C(C(=O)OCC)=C(C=C(N(C)C)N(C)C)C(C(=O)OCC)C(=O)OCC. The largest absolute Gasteiger partial charge is 0.465 e. The van der Waals surface area contributed by atoms with Crippen molar-refractivity contribution in [3.63, 3.8) is 0 Å². The van der Waals surface area contributed by atoms with Crippen molar-refractivity contribution in [1.82, 2.24) is 9.80 Å². The minimum absolute atomic E-state index is 0.0197. The van der Waals surface area contributed by atoms with Crippen LogP contribution in [0.15, 0.2) is 23.0 Å². The van der Waals surface area contributed by atoms with Crippen LogP contribution in [0, 0.1) is 5.92 Å². The molecule has 176 valence electrons. The van der Waals surface area contributed by atoms with Crippen molar-refractivity contribution in [2.75, 3.05) is 54.6 Å². The molecule has 10 heteroatoms. The molecule has 0 bridgehead atoms. The van der Waals surface area contributed by atoms with E-state index in [1.165, 1.54) is 6.08 Å². The Morgan fingerprint density at radius 3 is 1.32 bits per heavy atom. The van der Waals surface area contributed by atoms with Gasteiger partial charge in [0.15, 0.2) is 5.92 Å². The topological polar surface area (TPSA) is 112 Å². The summed E-state index contributed by atoms with van der Waals surface area (Å²) in [5.41, 5.74) is -0.804. The van der Waals surface area contributed by atoms with Gasteiger partial charge in [0.05, 0.1) is 26.4 Å². The van der Waals surface area contributed by atoms with E-state index in [0.717, 1.165) is 0 Å². The van der Waals surface area contributed by atoms with Gasteiger partial charge in [-0.25, -0.2) is 9.59 Å². The standard InChI is InChI=1S/C21H34N2O8/c1-9-28-18(24)16(19(25)29-10-2)14(13-15(22(5)6)23(7)8)17(20(26)30-11-3)21(27)31-12-4/h13,16H,9-12H2,1-8H3. The molecule has 0 fully saturated rings. The monoisotopic (exact) mass is 442 g/mol. The number of nitrogens with zero attached hydrogens (tertiary/aromatic N) is 2. The molecule has 0 amide bonds. The van der Waals surface area contributed by atoms with Crippen molar-refractivity contribution in [1.29, 1.82) is 0 Å². The molecular formula is C21H34N2O8. The minimum Gasteiger partial charge on any atom is -0.465 e. The normalized spacial score (nSPS) is 9.97. The van der Waals surface area contributed by atoms with Crippen LogP contribution in [0.3, 0.4) is 0 Å². The average Bonchev–Trinajstić information content (AvgIpc) is 2.66. The second-order valence-electron chi connectivity index (χ2n) is 6.50. The van der Waals surface area contributed by atoms with Crippen molar-refractivity contribution >= 4 is 23.9 Å². The first-order valence-electron chi connectivity index (χ1n) is 10.0. The maximum absolute atomic E-state index is 12.8. The van der Waals surface area contributed by atoms with Gasteiger partial charge in [0.25, 0.3) is 0 Å². The second kappa shape index (κ2) is 14.1. The molecule has 0 N–H and O–H groups in total. The fourth-order valence-corrected chi connectivity index (χ4v) is 2.62. The highest BCUT2D eigenvalue weighted by Gasteiger charge is 2.39. The van der Waals surface area contributed by atoms with Gasteiger partial charge in [-0.1, -0.05) is 0 Å². The van der Waals surface area contributed by atoms with E-state index in [0.29, 0.717) is 5.82 Å². The number of rotatable bonds is 12. The number of hydrogen-bond donors (Lipinski definition) is 0. The lowest BCUT2D eigenvalue weighted by Gasteiger charge is -2.26. The minimum atomic E-state index is -1.70. The number of carbonyl (C=O) groups excluding carboxylic acids is 4. The van der Waals surface area contributed by atoms with E-state index in [1.54, 1.807) is 65.7 Å². The Labute approximate surface area is 183 Å². The summed E-state index contributed by atoms with van der Waals surface area (Å²) in [5, 5.41) is 0. The first-order valence-corrected chi connectivity index (χ1v) is 10.0. The summed E-state index contributed by atoms with van der Waals surface area (Å²) in [6.07, 6.45) is 1.38. The molecule has 10 nitrogen and oxygen atoms in total. The molecule has 0 aromatic rings. The molecule has 0 spiro atoms. The smallest absolute Gasteiger partial charge is 0.345 e. The Hall–Kier alpha value is -3.04. The molecule has 0 radical (unpaired) electrons. The van der Waals surface area contributed by atoms with Gasteiger partial charge in [-0.3, -0.25) is 9.59 Å². The average molecular weight is 443 g/mol. The van der Waals surface area contributed by atoms with E-state index in [1.807, 2.05) is 0 Å². The zero-order valence-corrected chi connectivity index (χ0v) is 19.6. The van der Waals surface area contributed by atoms with Gasteiger partial charge in [-0.05, 0) is 33.8 Å². The van der Waals surface area contributed by atoms with Gasteiger partial charge >= 0.3 is 23.9 Å². The zero-order chi connectivity index (χ0) is 24.1. The number of allylic oxidation sites excluding steroid dienone is 1. The van der Waals surface area contributed by atoms with Gasteiger partial charge in [-0.15, -0.1) is 0 Å². The van der Waals surface area contributed by atoms with Crippen LogP contribution in [-0.2, 0) is 38.1 Å². The molecule has 0 rings (SSSR count). The third-order valence-corrected chi connectivity index (χ3v) is 3.80. The highest BCUT2D eigenvalue weighted by atomic mass is 16.6. The van der Waals surface area contributed by atoms with Crippen LogP contribution < -0.4 is 0 Å². The lowest BCUT2D eigenvalue weighted by molar-refractivity contribution is -0.159. The predicted molar refractivity (Wildman–Crippen MR) is 113 cm³/mol. The molecule has 0 atom stereocenters. The van der Waals surface area contributed by atoms with E-state index in [2.05, 4.69) is 0 Å². The predicted octanol–water partition coefficient (Wildman–Crippen LogP) is 1.12. The summed E-state index contributed by atoms with van der Waals surface area (Å²) < 4.78 is 20.2. The molecule has 0 aromatic carbocycles. The van der Waals surface area contributed by atoms with Crippen molar-refractivity contribution in [3.8, 4) is 0 Å². The Balaban J connectivity index is 7.28. The van der Waals surface area contributed by atoms with Crippen LogP contribution >= 0.6 is 0 Å². The lowest BCUT2D eigenvalue weighted by Crippen LogP contribution is -2.34. The van der Waals surface area contributed by atoms with Crippen LogP contribution in [0.2, 0.25) is 0 Å². The second-order valence-corrected chi connectivity index (χ2v) is 6.50. The molecule has 0 unspecified atom stereocenters. The third kappa shape index (κ3) is 8.31. The molecule has 0 aliphatic rings. The summed E-state index contributed by atoms with van der Waals surface area (Å²) in [4.78, 5) is 54.4. The molecule has 31 heavy (non-hydrogen) atoms. The van der Waals surface area contributed by atoms with Crippen molar-refractivity contribution < 1.29 is 38.1 Å². The van der Waals surface area contributed by atoms with Crippen LogP contribution in [0.25, 0.3) is 0 Å². The maximum Gasteiger partial charge on any atom is 0.345 e. The van der Waals surface area contributed by atoms with E-state index >= 15 is 0 Å². The van der Waals surface area contributed by atoms with Crippen LogP contribution in [-0.4, -0.2) is 88.3 Å². The third-order valence-electron chi connectivity index (χ3n) is 3.80. The molecule has 0 aliphatic heterocycles. The Kier molecular flexibility index (Phi) is 12.7. The first-order chi connectivity index (χ1) is 14.6. The molecular weight excluding hydrogens is 408 g/mol. The number of hydrogen-bond acceptors (Lipinski definition) is 10. The van der Waals surface area contributed by atoms with Crippen molar-refractivity contribution in [2.45, 2.75) is 27.7 Å². The van der Waals surface area contributed by atoms with Gasteiger partial charge < -0.3 is 28.7 Å². The summed E-state index contributed by atoms with van der Waals surface area (Å²) in [6, 6.07) is 0. The van der Waals surface area contributed by atoms with Gasteiger partial charge in [0.1, 0.15) is 11.4 Å². The van der Waals surface area contributed by atoms with Crippen LogP contribution in [0.5, 0.6) is 0 Å². The molecule has 0 saturated heterocycles. The fourth-order valence-electron chi connectivity index (χ4n) is 2.62. The summed E-state index contributed by atoms with van der Waals surface area (Å²) in [7, 11) is 6.90. The summed E-state index contributed by atoms with van der Waals surface area (Å²) in [5.74, 6) is -5.19.